The molecule has 2 aromatic carbocycles. The first-order chi connectivity index (χ1) is 15.1. The predicted molar refractivity (Wildman–Crippen MR) is 120 cm³/mol. The van der Waals surface area contributed by atoms with Crippen LogP contribution < -0.4 is 0 Å². The number of hydrogen-bond acceptors (Lipinski definition) is 2. The van der Waals surface area contributed by atoms with Crippen LogP contribution in [0.4, 0.5) is 4.39 Å². The van der Waals surface area contributed by atoms with Gasteiger partial charge in [0.15, 0.2) is 0 Å². The molecule has 2 atom stereocenters. The number of carbonyl (C=O) groups excluding carboxylic acids is 1. The van der Waals surface area contributed by atoms with Crippen LogP contribution in [0.15, 0.2) is 54.7 Å². The Morgan fingerprint density at radius 1 is 1.00 bits per heavy atom. The molecule has 1 saturated heterocycles. The number of rotatable bonds is 3. The average molecular weight is 418 g/mol. The van der Waals surface area contributed by atoms with Gasteiger partial charge in [-0.25, -0.2) is 4.39 Å². The lowest BCUT2D eigenvalue weighted by Gasteiger charge is -2.44. The highest BCUT2D eigenvalue weighted by Gasteiger charge is 2.37. The van der Waals surface area contributed by atoms with Gasteiger partial charge in [-0.15, -0.1) is 0 Å². The summed E-state index contributed by atoms with van der Waals surface area (Å²) in [6, 6.07) is 15.0. The first kappa shape index (κ1) is 20.0. The number of piperidine rings is 1. The topological polar surface area (TPSA) is 38.1 Å². The van der Waals surface area contributed by atoms with E-state index in [2.05, 4.69) is 10.00 Å². The normalized spacial score (nSPS) is 21.0. The van der Waals surface area contributed by atoms with Crippen molar-refractivity contribution in [2.45, 2.75) is 44.6 Å². The van der Waals surface area contributed by atoms with Gasteiger partial charge in [-0.05, 0) is 43.2 Å². The third kappa shape index (κ3) is 3.67. The highest BCUT2D eigenvalue weighted by Crippen LogP contribution is 2.37. The number of fused-ring (bicyclic) bond motifs is 1. The molecule has 1 amide bonds. The summed E-state index contributed by atoms with van der Waals surface area (Å²) in [4.78, 5) is 15.7. The first-order valence-electron chi connectivity index (χ1n) is 11.3. The van der Waals surface area contributed by atoms with Crippen molar-refractivity contribution < 1.29 is 9.18 Å². The number of amides is 1. The van der Waals surface area contributed by atoms with Crippen LogP contribution in [0.3, 0.4) is 0 Å². The molecule has 0 spiro atoms. The summed E-state index contributed by atoms with van der Waals surface area (Å²) < 4.78 is 16.7. The second kappa shape index (κ2) is 8.29. The van der Waals surface area contributed by atoms with E-state index in [0.29, 0.717) is 34.3 Å². The van der Waals surface area contributed by atoms with Crippen molar-refractivity contribution in [1.82, 2.24) is 14.7 Å². The number of nitrogens with zero attached hydrogens (tertiary/aromatic N) is 3. The highest BCUT2D eigenvalue weighted by atomic mass is 19.1. The van der Waals surface area contributed by atoms with Gasteiger partial charge >= 0.3 is 0 Å². The number of halogens is 1. The summed E-state index contributed by atoms with van der Waals surface area (Å²) in [6.45, 7) is 0.801. The van der Waals surface area contributed by atoms with E-state index >= 15 is 4.39 Å². The van der Waals surface area contributed by atoms with Crippen LogP contribution in [0, 0.1) is 11.7 Å². The van der Waals surface area contributed by atoms with Crippen molar-refractivity contribution in [3.63, 3.8) is 0 Å². The number of benzene rings is 2. The van der Waals surface area contributed by atoms with Gasteiger partial charge in [0.2, 0.25) is 0 Å². The standard InChI is InChI=1S/C26H28FN3O/c1-29-25(20-13-14-21(23(27)16-20)18-8-3-2-4-9-18)22(17-28-29)26(31)30-15-7-11-19-10-5-6-12-24(19)30/h2-4,8-9,13-14,16-17,19,24H,5-7,10-12,15H2,1H3. The minimum absolute atomic E-state index is 0.0345. The summed E-state index contributed by atoms with van der Waals surface area (Å²) in [5.74, 6) is 0.357. The van der Waals surface area contributed by atoms with Gasteiger partial charge in [-0.3, -0.25) is 9.48 Å². The van der Waals surface area contributed by atoms with E-state index in [1.54, 1.807) is 16.9 Å². The van der Waals surface area contributed by atoms with Crippen molar-refractivity contribution in [2.75, 3.05) is 6.54 Å². The van der Waals surface area contributed by atoms with Crippen LogP contribution in [-0.4, -0.2) is 33.2 Å². The fourth-order valence-electron chi connectivity index (χ4n) is 5.48. The Hall–Kier alpha value is -2.95. The number of aryl methyl sites for hydroxylation is 1. The largest absolute Gasteiger partial charge is 0.335 e. The lowest BCUT2D eigenvalue weighted by atomic mass is 9.78. The summed E-state index contributed by atoms with van der Waals surface area (Å²) in [5, 5.41) is 4.37. The molecule has 160 valence electrons. The maximum Gasteiger partial charge on any atom is 0.257 e. The zero-order valence-electron chi connectivity index (χ0n) is 17.9. The van der Waals surface area contributed by atoms with Gasteiger partial charge in [0.25, 0.3) is 5.91 Å². The maximum atomic E-state index is 15.0. The van der Waals surface area contributed by atoms with Crippen LogP contribution in [0.1, 0.15) is 48.9 Å². The molecule has 4 nitrogen and oxygen atoms in total. The van der Waals surface area contributed by atoms with Crippen molar-refractivity contribution >= 4 is 5.91 Å². The SMILES string of the molecule is Cn1ncc(C(=O)N2CCCC3CCCCC32)c1-c1ccc(-c2ccccc2)c(F)c1. The molecule has 3 aromatic rings. The smallest absolute Gasteiger partial charge is 0.257 e. The fourth-order valence-corrected chi connectivity index (χ4v) is 5.48. The molecule has 2 heterocycles. The van der Waals surface area contributed by atoms with Crippen LogP contribution >= 0.6 is 0 Å². The third-order valence-corrected chi connectivity index (χ3v) is 7.00. The van der Waals surface area contributed by atoms with Crippen molar-refractivity contribution in [3.8, 4) is 22.4 Å². The van der Waals surface area contributed by atoms with E-state index < -0.39 is 0 Å². The van der Waals surface area contributed by atoms with Gasteiger partial charge in [-0.2, -0.15) is 5.10 Å². The van der Waals surface area contributed by atoms with Crippen LogP contribution in [0.2, 0.25) is 0 Å². The average Bonchev–Trinajstić information content (AvgIpc) is 3.20. The van der Waals surface area contributed by atoms with Gasteiger partial charge in [0.05, 0.1) is 17.5 Å². The molecule has 1 aliphatic heterocycles. The zero-order valence-corrected chi connectivity index (χ0v) is 17.9. The number of likely N-dealkylation sites (tertiary alicyclic amines) is 1. The van der Waals surface area contributed by atoms with Crippen LogP contribution in [-0.2, 0) is 7.05 Å². The second-order valence-electron chi connectivity index (χ2n) is 8.84. The Labute approximate surface area is 182 Å². The van der Waals surface area contributed by atoms with E-state index in [1.807, 2.05) is 43.4 Å². The fraction of sp³-hybridized carbons (Fsp3) is 0.385. The van der Waals surface area contributed by atoms with E-state index in [-0.39, 0.29) is 11.7 Å². The van der Waals surface area contributed by atoms with Gasteiger partial charge in [0.1, 0.15) is 5.82 Å². The zero-order chi connectivity index (χ0) is 21.4. The quantitative estimate of drug-likeness (QED) is 0.549. The molecule has 31 heavy (non-hydrogen) atoms. The molecule has 1 saturated carbocycles. The Morgan fingerprint density at radius 2 is 1.77 bits per heavy atom. The maximum absolute atomic E-state index is 15.0. The van der Waals surface area contributed by atoms with Crippen molar-refractivity contribution in [1.29, 1.82) is 0 Å². The van der Waals surface area contributed by atoms with E-state index in [4.69, 9.17) is 0 Å². The molecular formula is C26H28FN3O. The Morgan fingerprint density at radius 3 is 2.58 bits per heavy atom. The Bertz CT molecular complexity index is 1090. The minimum atomic E-state index is -0.298. The molecule has 0 radical (unpaired) electrons. The molecule has 2 aliphatic rings. The molecule has 2 fully saturated rings. The summed E-state index contributed by atoms with van der Waals surface area (Å²) in [7, 11) is 1.81. The first-order valence-corrected chi connectivity index (χ1v) is 11.3. The molecule has 5 rings (SSSR count). The highest BCUT2D eigenvalue weighted by molar-refractivity contribution is 6.00. The molecule has 5 heteroatoms. The van der Waals surface area contributed by atoms with Gasteiger partial charge < -0.3 is 4.90 Å². The monoisotopic (exact) mass is 417 g/mol. The van der Waals surface area contributed by atoms with Crippen LogP contribution in [0.5, 0.6) is 0 Å². The number of hydrogen-bond donors (Lipinski definition) is 0. The van der Waals surface area contributed by atoms with E-state index in [1.165, 1.54) is 31.7 Å². The van der Waals surface area contributed by atoms with Gasteiger partial charge in [-0.1, -0.05) is 55.3 Å². The van der Waals surface area contributed by atoms with Crippen LogP contribution in [0.25, 0.3) is 22.4 Å². The predicted octanol–water partition coefficient (Wildman–Crippen LogP) is 5.69. The number of aromatic nitrogens is 2. The summed E-state index contributed by atoms with van der Waals surface area (Å²) in [5.41, 5.74) is 3.32. The van der Waals surface area contributed by atoms with Gasteiger partial charge in [0, 0.05) is 30.8 Å². The molecule has 0 N–H and O–H groups in total. The van der Waals surface area contributed by atoms with E-state index in [0.717, 1.165) is 24.9 Å². The lowest BCUT2D eigenvalue weighted by molar-refractivity contribution is 0.0391. The van der Waals surface area contributed by atoms with Crippen molar-refractivity contribution in [3.05, 3.63) is 66.1 Å². The minimum Gasteiger partial charge on any atom is -0.335 e. The second-order valence-corrected chi connectivity index (χ2v) is 8.84. The van der Waals surface area contributed by atoms with E-state index in [9.17, 15) is 4.79 Å². The third-order valence-electron chi connectivity index (χ3n) is 7.00. The summed E-state index contributed by atoms with van der Waals surface area (Å²) in [6.07, 6.45) is 8.70. The lowest BCUT2D eigenvalue weighted by Crippen LogP contribution is -2.49. The molecule has 1 aromatic heterocycles. The molecule has 2 unspecified atom stereocenters. The molecular weight excluding hydrogens is 389 g/mol. The molecule has 1 aliphatic carbocycles. The number of carbonyl (C=O) groups is 1. The Balaban J connectivity index is 1.49. The summed E-state index contributed by atoms with van der Waals surface area (Å²) >= 11 is 0. The molecule has 0 bridgehead atoms. The Kier molecular flexibility index (Phi) is 5.34. The van der Waals surface area contributed by atoms with Crippen molar-refractivity contribution in [2.24, 2.45) is 13.0 Å².